The van der Waals surface area contributed by atoms with Gasteiger partial charge >= 0.3 is 0 Å². The van der Waals surface area contributed by atoms with Crippen molar-refractivity contribution in [3.05, 3.63) is 34.9 Å². The molecule has 100 valence electrons. The summed E-state index contributed by atoms with van der Waals surface area (Å²) >= 11 is 5.81. The highest BCUT2D eigenvalue weighted by Crippen LogP contribution is 2.32. The summed E-state index contributed by atoms with van der Waals surface area (Å²) in [6.07, 6.45) is 1.47. The molecule has 2 unspecified atom stereocenters. The van der Waals surface area contributed by atoms with Crippen LogP contribution < -0.4 is 0 Å². The van der Waals surface area contributed by atoms with Gasteiger partial charge in [0.1, 0.15) is 0 Å². The minimum atomic E-state index is -0.543. The van der Waals surface area contributed by atoms with Crippen LogP contribution in [-0.2, 0) is 0 Å². The van der Waals surface area contributed by atoms with E-state index in [1.54, 1.807) is 12.1 Å². The summed E-state index contributed by atoms with van der Waals surface area (Å²) in [6.45, 7) is 1.14. The molecule has 18 heavy (non-hydrogen) atoms. The van der Waals surface area contributed by atoms with Gasteiger partial charge in [-0.2, -0.15) is 0 Å². The van der Waals surface area contributed by atoms with Crippen molar-refractivity contribution in [1.82, 2.24) is 4.90 Å². The van der Waals surface area contributed by atoms with Crippen LogP contribution in [-0.4, -0.2) is 41.4 Å². The van der Waals surface area contributed by atoms with Crippen LogP contribution in [0.1, 0.15) is 24.5 Å². The van der Waals surface area contributed by atoms with Crippen molar-refractivity contribution in [3.63, 3.8) is 0 Å². The minimum absolute atomic E-state index is 0.257. The van der Waals surface area contributed by atoms with Crippen molar-refractivity contribution in [2.24, 2.45) is 5.92 Å². The monoisotopic (exact) mass is 269 g/mol. The summed E-state index contributed by atoms with van der Waals surface area (Å²) in [6, 6.07) is 7.22. The van der Waals surface area contributed by atoms with Crippen LogP contribution >= 0.6 is 11.6 Å². The molecule has 1 aromatic carbocycles. The first-order chi connectivity index (χ1) is 8.56. The summed E-state index contributed by atoms with van der Waals surface area (Å²) in [5, 5.41) is 20.6. The second-order valence-electron chi connectivity index (χ2n) is 5.19. The Kier molecular flexibility index (Phi) is 4.62. The highest BCUT2D eigenvalue weighted by atomic mass is 35.5. The fraction of sp³-hybridized carbons (Fsp3) is 0.571. The molecule has 1 saturated carbocycles. The van der Waals surface area contributed by atoms with Crippen LogP contribution in [0.2, 0.25) is 5.02 Å². The SMILES string of the molecule is CN(CC(O)c1ccc(Cl)cc1)CC(O)C1CC1. The van der Waals surface area contributed by atoms with E-state index in [1.807, 2.05) is 24.1 Å². The Morgan fingerprint density at radius 3 is 2.39 bits per heavy atom. The Labute approximate surface area is 113 Å². The van der Waals surface area contributed by atoms with Crippen LogP contribution in [0.5, 0.6) is 0 Å². The van der Waals surface area contributed by atoms with E-state index >= 15 is 0 Å². The predicted molar refractivity (Wildman–Crippen MR) is 72.6 cm³/mol. The molecule has 0 amide bonds. The van der Waals surface area contributed by atoms with Crippen LogP contribution in [0.15, 0.2) is 24.3 Å². The number of nitrogens with zero attached hydrogens (tertiary/aromatic N) is 1. The fourth-order valence-electron chi connectivity index (χ4n) is 2.11. The van der Waals surface area contributed by atoms with E-state index in [-0.39, 0.29) is 6.10 Å². The normalized spacial score (nSPS) is 18.9. The Hall–Kier alpha value is -0.610. The van der Waals surface area contributed by atoms with Gasteiger partial charge in [-0.1, -0.05) is 23.7 Å². The zero-order valence-electron chi connectivity index (χ0n) is 10.6. The lowest BCUT2D eigenvalue weighted by atomic mass is 10.1. The number of aliphatic hydroxyl groups is 2. The van der Waals surface area contributed by atoms with E-state index in [1.165, 1.54) is 0 Å². The molecular formula is C14H20ClNO2. The van der Waals surface area contributed by atoms with E-state index in [0.29, 0.717) is 24.0 Å². The molecule has 0 saturated heterocycles. The topological polar surface area (TPSA) is 43.7 Å². The summed E-state index contributed by atoms with van der Waals surface area (Å²) in [5.74, 6) is 0.472. The van der Waals surface area contributed by atoms with Gasteiger partial charge in [0, 0.05) is 18.1 Å². The number of hydrogen-bond acceptors (Lipinski definition) is 3. The van der Waals surface area contributed by atoms with Gasteiger partial charge in [-0.15, -0.1) is 0 Å². The third kappa shape index (κ3) is 3.95. The van der Waals surface area contributed by atoms with Crippen molar-refractivity contribution in [3.8, 4) is 0 Å². The van der Waals surface area contributed by atoms with E-state index in [4.69, 9.17) is 11.6 Å². The van der Waals surface area contributed by atoms with Crippen molar-refractivity contribution in [2.75, 3.05) is 20.1 Å². The highest BCUT2D eigenvalue weighted by molar-refractivity contribution is 6.30. The van der Waals surface area contributed by atoms with Crippen molar-refractivity contribution in [2.45, 2.75) is 25.0 Å². The van der Waals surface area contributed by atoms with Crippen molar-refractivity contribution < 1.29 is 10.2 Å². The zero-order valence-corrected chi connectivity index (χ0v) is 11.3. The Balaban J connectivity index is 1.82. The van der Waals surface area contributed by atoms with Crippen LogP contribution in [0.4, 0.5) is 0 Å². The molecule has 1 aliphatic carbocycles. The average molecular weight is 270 g/mol. The van der Waals surface area contributed by atoms with Crippen molar-refractivity contribution >= 4 is 11.6 Å². The first-order valence-electron chi connectivity index (χ1n) is 6.36. The Morgan fingerprint density at radius 1 is 1.22 bits per heavy atom. The van der Waals surface area contributed by atoms with Gasteiger partial charge < -0.3 is 15.1 Å². The number of hydrogen-bond donors (Lipinski definition) is 2. The van der Waals surface area contributed by atoms with Gasteiger partial charge in [0.25, 0.3) is 0 Å². The molecule has 0 aliphatic heterocycles. The fourth-order valence-corrected chi connectivity index (χ4v) is 2.24. The summed E-state index contributed by atoms with van der Waals surface area (Å²) < 4.78 is 0. The maximum Gasteiger partial charge on any atom is 0.0916 e. The number of likely N-dealkylation sites (N-methyl/N-ethyl adjacent to an activating group) is 1. The molecule has 0 spiro atoms. The molecule has 1 fully saturated rings. The molecule has 0 heterocycles. The maximum absolute atomic E-state index is 10.1. The van der Waals surface area contributed by atoms with E-state index in [0.717, 1.165) is 18.4 Å². The number of rotatable bonds is 6. The van der Waals surface area contributed by atoms with E-state index in [2.05, 4.69) is 0 Å². The summed E-state index contributed by atoms with van der Waals surface area (Å²) in [4.78, 5) is 1.97. The Morgan fingerprint density at radius 2 is 1.83 bits per heavy atom. The second kappa shape index (κ2) is 6.02. The molecule has 2 rings (SSSR count). The van der Waals surface area contributed by atoms with Gasteiger partial charge in [0.15, 0.2) is 0 Å². The first-order valence-corrected chi connectivity index (χ1v) is 6.74. The largest absolute Gasteiger partial charge is 0.392 e. The molecule has 4 heteroatoms. The van der Waals surface area contributed by atoms with Gasteiger partial charge in [-0.25, -0.2) is 0 Å². The highest BCUT2D eigenvalue weighted by Gasteiger charge is 2.30. The average Bonchev–Trinajstić information content (AvgIpc) is 3.13. The lowest BCUT2D eigenvalue weighted by Gasteiger charge is -2.23. The smallest absolute Gasteiger partial charge is 0.0916 e. The van der Waals surface area contributed by atoms with Gasteiger partial charge in [-0.3, -0.25) is 0 Å². The number of halogens is 1. The lowest BCUT2D eigenvalue weighted by Crippen LogP contribution is -2.33. The number of benzene rings is 1. The molecule has 3 nitrogen and oxygen atoms in total. The van der Waals surface area contributed by atoms with E-state index < -0.39 is 6.10 Å². The third-order valence-electron chi connectivity index (χ3n) is 3.40. The van der Waals surface area contributed by atoms with Gasteiger partial charge in [0.05, 0.1) is 12.2 Å². The van der Waals surface area contributed by atoms with Gasteiger partial charge in [-0.05, 0) is 43.5 Å². The van der Waals surface area contributed by atoms with E-state index in [9.17, 15) is 10.2 Å². The summed E-state index contributed by atoms with van der Waals surface area (Å²) in [5.41, 5.74) is 0.854. The van der Waals surface area contributed by atoms with Crippen molar-refractivity contribution in [1.29, 1.82) is 0 Å². The minimum Gasteiger partial charge on any atom is -0.392 e. The number of aliphatic hydroxyl groups excluding tert-OH is 2. The van der Waals surface area contributed by atoms with Crippen LogP contribution in [0, 0.1) is 5.92 Å². The predicted octanol–water partition coefficient (Wildman–Crippen LogP) is 2.08. The molecular weight excluding hydrogens is 250 g/mol. The maximum atomic E-state index is 10.1. The zero-order chi connectivity index (χ0) is 13.1. The molecule has 1 aromatic rings. The molecule has 0 radical (unpaired) electrons. The molecule has 2 N–H and O–H groups in total. The quantitative estimate of drug-likeness (QED) is 0.831. The summed E-state index contributed by atoms with van der Waals surface area (Å²) in [7, 11) is 1.92. The molecule has 1 aliphatic rings. The lowest BCUT2D eigenvalue weighted by molar-refractivity contribution is 0.0733. The molecule has 0 bridgehead atoms. The standard InChI is InChI=1S/C14H20ClNO2/c1-16(8-13(17)10-2-3-10)9-14(18)11-4-6-12(15)7-5-11/h4-7,10,13-14,17-18H,2-3,8-9H2,1H3. The third-order valence-corrected chi connectivity index (χ3v) is 3.66. The molecule has 0 aromatic heterocycles. The first kappa shape index (κ1) is 13.8. The second-order valence-corrected chi connectivity index (χ2v) is 5.63. The Bertz CT molecular complexity index is 378. The van der Waals surface area contributed by atoms with Crippen LogP contribution in [0.25, 0.3) is 0 Å². The molecule has 2 atom stereocenters. The van der Waals surface area contributed by atoms with Crippen LogP contribution in [0.3, 0.4) is 0 Å². The van der Waals surface area contributed by atoms with Gasteiger partial charge in [0.2, 0.25) is 0 Å².